The van der Waals surface area contributed by atoms with Crippen molar-refractivity contribution in [3.05, 3.63) is 12.7 Å². The number of fused-ring (bicyclic) bond motifs is 3. The number of anilines is 1. The Balaban J connectivity index is 1.24. The second kappa shape index (κ2) is 8.15. The van der Waals surface area contributed by atoms with E-state index < -0.39 is 31.1 Å². The number of aromatic nitrogens is 4. The molecule has 6 rings (SSSR count). The van der Waals surface area contributed by atoms with Crippen molar-refractivity contribution < 1.29 is 24.9 Å². The first kappa shape index (κ1) is 21.2. The largest absolute Gasteiger partial charge is 0.394 e. The van der Waals surface area contributed by atoms with Gasteiger partial charge in [0.2, 0.25) is 5.91 Å². The molecule has 3 aliphatic heterocycles. The van der Waals surface area contributed by atoms with Gasteiger partial charge < -0.3 is 29.9 Å². The van der Waals surface area contributed by atoms with Crippen LogP contribution in [-0.2, 0) is 9.53 Å². The highest BCUT2D eigenvalue weighted by Gasteiger charge is 2.45. The molecular formula is C22H30N6O5. The van der Waals surface area contributed by atoms with Gasteiger partial charge >= 0.3 is 0 Å². The number of likely N-dealkylation sites (tertiary alicyclic amines) is 1. The van der Waals surface area contributed by atoms with Gasteiger partial charge in [0, 0.05) is 25.7 Å². The van der Waals surface area contributed by atoms with Crippen molar-refractivity contribution in [1.82, 2.24) is 24.4 Å². The third-order valence-electron chi connectivity index (χ3n) is 7.89. The van der Waals surface area contributed by atoms with E-state index in [0.717, 1.165) is 38.8 Å². The number of carbonyl (C=O) groups excluding carboxylic acids is 1. The van der Waals surface area contributed by atoms with E-state index in [-0.39, 0.29) is 11.8 Å². The molecule has 4 fully saturated rings. The van der Waals surface area contributed by atoms with Crippen LogP contribution < -0.4 is 4.90 Å². The molecule has 5 heterocycles. The minimum atomic E-state index is -1.22. The molecule has 1 amide bonds. The number of hydrogen-bond acceptors (Lipinski definition) is 9. The molecule has 7 atom stereocenters. The Morgan fingerprint density at radius 1 is 1.12 bits per heavy atom. The van der Waals surface area contributed by atoms with E-state index in [1.54, 1.807) is 4.57 Å². The van der Waals surface area contributed by atoms with E-state index >= 15 is 0 Å². The number of piperidine rings is 2. The Labute approximate surface area is 191 Å². The zero-order valence-electron chi connectivity index (χ0n) is 18.4. The van der Waals surface area contributed by atoms with E-state index in [1.807, 2.05) is 0 Å². The summed E-state index contributed by atoms with van der Waals surface area (Å²) in [6.45, 7) is 1.89. The molecule has 0 aromatic carbocycles. The van der Waals surface area contributed by atoms with Crippen LogP contribution in [0.1, 0.15) is 38.3 Å². The summed E-state index contributed by atoms with van der Waals surface area (Å²) in [5.41, 5.74) is 1.03. The molecule has 11 heteroatoms. The number of imidazole rings is 1. The Bertz CT molecular complexity index is 1050. The van der Waals surface area contributed by atoms with Crippen LogP contribution in [0.25, 0.3) is 11.2 Å². The topological polar surface area (TPSA) is 137 Å². The standard InChI is InChI=1S/C22H30N6O5/c29-9-15-17(30)18(31)22(33-15)28-11-25-16-19(23-10-24-20(16)28)26-5-1-2-13(8-26)21(32)27-7-12-3-4-14(27)6-12/h10-15,17-18,22,29-31H,1-9H2/t12?,13?,14?,15-,17-,18-,22-/m1/s1. The van der Waals surface area contributed by atoms with Crippen LogP contribution in [-0.4, -0.2) is 96.2 Å². The first-order chi connectivity index (χ1) is 16.0. The number of nitrogens with zero attached hydrogens (tertiary/aromatic N) is 6. The molecule has 3 saturated heterocycles. The van der Waals surface area contributed by atoms with Gasteiger partial charge in [-0.25, -0.2) is 15.0 Å². The van der Waals surface area contributed by atoms with Crippen molar-refractivity contribution in [2.75, 3.05) is 31.1 Å². The lowest BCUT2D eigenvalue weighted by atomic mass is 9.95. The highest BCUT2D eigenvalue weighted by Crippen LogP contribution is 2.39. The number of aliphatic hydroxyl groups excluding tert-OH is 3. The maximum atomic E-state index is 13.3. The van der Waals surface area contributed by atoms with Gasteiger partial charge in [-0.2, -0.15) is 0 Å². The van der Waals surface area contributed by atoms with Crippen LogP contribution in [0.2, 0.25) is 0 Å². The highest BCUT2D eigenvalue weighted by molar-refractivity contribution is 5.85. The van der Waals surface area contributed by atoms with Crippen molar-refractivity contribution >= 4 is 22.9 Å². The monoisotopic (exact) mass is 458 g/mol. The van der Waals surface area contributed by atoms with Crippen molar-refractivity contribution in [2.45, 2.75) is 62.7 Å². The van der Waals surface area contributed by atoms with Crippen LogP contribution in [0, 0.1) is 11.8 Å². The lowest BCUT2D eigenvalue weighted by Crippen LogP contribution is -2.47. The molecule has 2 aromatic rings. The highest BCUT2D eigenvalue weighted by atomic mass is 16.6. The minimum absolute atomic E-state index is 0.0503. The van der Waals surface area contributed by atoms with E-state index in [0.29, 0.717) is 35.5 Å². The summed E-state index contributed by atoms with van der Waals surface area (Å²) in [5.74, 6) is 1.56. The lowest BCUT2D eigenvalue weighted by Gasteiger charge is -2.37. The van der Waals surface area contributed by atoms with Gasteiger partial charge in [-0.05, 0) is 38.0 Å². The number of ether oxygens (including phenoxy) is 1. The zero-order valence-corrected chi connectivity index (χ0v) is 18.4. The maximum absolute atomic E-state index is 13.3. The summed E-state index contributed by atoms with van der Waals surface area (Å²) < 4.78 is 7.22. The van der Waals surface area contributed by atoms with Gasteiger partial charge in [0.15, 0.2) is 23.2 Å². The maximum Gasteiger partial charge on any atom is 0.227 e. The second-order valence-electron chi connectivity index (χ2n) is 9.86. The van der Waals surface area contributed by atoms with Gasteiger partial charge in [0.25, 0.3) is 0 Å². The molecule has 0 radical (unpaired) electrons. The fourth-order valence-corrected chi connectivity index (χ4v) is 6.17. The number of aliphatic hydroxyl groups is 3. The van der Waals surface area contributed by atoms with Crippen LogP contribution in [0.15, 0.2) is 12.7 Å². The van der Waals surface area contributed by atoms with E-state index in [1.165, 1.54) is 19.1 Å². The molecule has 33 heavy (non-hydrogen) atoms. The van der Waals surface area contributed by atoms with Crippen LogP contribution in [0.5, 0.6) is 0 Å². The molecule has 2 bridgehead atoms. The summed E-state index contributed by atoms with van der Waals surface area (Å²) in [5, 5.41) is 29.9. The first-order valence-electron chi connectivity index (χ1n) is 11.9. The van der Waals surface area contributed by atoms with Crippen LogP contribution >= 0.6 is 0 Å². The Hall–Kier alpha value is -2.34. The minimum Gasteiger partial charge on any atom is -0.394 e. The Morgan fingerprint density at radius 3 is 2.73 bits per heavy atom. The second-order valence-corrected chi connectivity index (χ2v) is 9.86. The number of carbonyl (C=O) groups is 1. The predicted molar refractivity (Wildman–Crippen MR) is 116 cm³/mol. The summed E-state index contributed by atoms with van der Waals surface area (Å²) >= 11 is 0. The SMILES string of the molecule is O=C(C1CCCN(c2ncnc3c2ncn3[C@@H]2O[C@H](CO)[C@@H](O)[C@H]2O)C1)N1CC2CCC1C2. The van der Waals surface area contributed by atoms with E-state index in [2.05, 4.69) is 24.8 Å². The summed E-state index contributed by atoms with van der Waals surface area (Å²) in [7, 11) is 0. The normalized spacial score (nSPS) is 36.3. The molecule has 4 aliphatic rings. The van der Waals surface area contributed by atoms with Crippen molar-refractivity contribution in [2.24, 2.45) is 11.8 Å². The molecule has 178 valence electrons. The third kappa shape index (κ3) is 3.40. The van der Waals surface area contributed by atoms with Crippen molar-refractivity contribution in [3.63, 3.8) is 0 Å². The van der Waals surface area contributed by atoms with E-state index in [4.69, 9.17) is 4.74 Å². The van der Waals surface area contributed by atoms with Gasteiger partial charge in [-0.3, -0.25) is 9.36 Å². The van der Waals surface area contributed by atoms with Crippen molar-refractivity contribution in [1.29, 1.82) is 0 Å². The molecular weight excluding hydrogens is 428 g/mol. The van der Waals surface area contributed by atoms with Crippen LogP contribution in [0.4, 0.5) is 5.82 Å². The average molecular weight is 459 g/mol. The van der Waals surface area contributed by atoms with Gasteiger partial charge in [-0.1, -0.05) is 0 Å². The first-order valence-corrected chi connectivity index (χ1v) is 11.9. The summed E-state index contributed by atoms with van der Waals surface area (Å²) in [4.78, 5) is 30.8. The molecule has 3 N–H and O–H groups in total. The summed E-state index contributed by atoms with van der Waals surface area (Å²) in [6, 6.07) is 0.426. The molecule has 3 unspecified atom stereocenters. The van der Waals surface area contributed by atoms with E-state index in [9.17, 15) is 20.1 Å². The number of amides is 1. The Kier molecular flexibility index (Phi) is 5.24. The molecule has 0 spiro atoms. The summed E-state index contributed by atoms with van der Waals surface area (Å²) in [6.07, 6.45) is 4.09. The fourth-order valence-electron chi connectivity index (χ4n) is 6.17. The third-order valence-corrected chi connectivity index (χ3v) is 7.89. The fraction of sp³-hybridized carbons (Fsp3) is 0.727. The smallest absolute Gasteiger partial charge is 0.227 e. The zero-order chi connectivity index (χ0) is 22.7. The molecule has 2 aromatic heterocycles. The predicted octanol–water partition coefficient (Wildman–Crippen LogP) is -0.335. The number of rotatable bonds is 4. The lowest BCUT2D eigenvalue weighted by molar-refractivity contribution is -0.137. The Morgan fingerprint density at radius 2 is 2.00 bits per heavy atom. The molecule has 11 nitrogen and oxygen atoms in total. The van der Waals surface area contributed by atoms with Gasteiger partial charge in [0.05, 0.1) is 18.9 Å². The van der Waals surface area contributed by atoms with Crippen LogP contribution in [0.3, 0.4) is 0 Å². The van der Waals surface area contributed by atoms with Gasteiger partial charge in [-0.15, -0.1) is 0 Å². The average Bonchev–Trinajstić information content (AvgIpc) is 3.63. The van der Waals surface area contributed by atoms with Gasteiger partial charge in [0.1, 0.15) is 24.6 Å². The quantitative estimate of drug-likeness (QED) is 0.562. The van der Waals surface area contributed by atoms with Crippen molar-refractivity contribution in [3.8, 4) is 0 Å². The number of hydrogen-bond donors (Lipinski definition) is 3. The molecule has 1 saturated carbocycles. The molecule has 1 aliphatic carbocycles.